The average molecular weight is 325 g/mol. The number of hydrogen-bond donors (Lipinski definition) is 2. The van der Waals surface area contributed by atoms with Crippen LogP contribution < -0.4 is 11.1 Å². The Morgan fingerprint density at radius 1 is 1.28 bits per heavy atom. The zero-order chi connectivity index (χ0) is 13.0. The molecule has 0 aliphatic heterocycles. The molecule has 3 N–H and O–H groups in total. The highest BCUT2D eigenvalue weighted by Crippen LogP contribution is 2.22. The Morgan fingerprint density at radius 3 is 2.56 bits per heavy atom. The third-order valence-electron chi connectivity index (χ3n) is 2.55. The summed E-state index contributed by atoms with van der Waals surface area (Å²) in [6, 6.07) is 9.30. The molecule has 0 atom stereocenters. The Kier molecular flexibility index (Phi) is 4.52. The standard InChI is InChI=1S/C13H13BrN2OS/c14-11-5-6-18-12(11)8-16-13(17)10-3-1-9(7-15)2-4-10/h1-6H,7-8,15H2,(H,16,17). The lowest BCUT2D eigenvalue weighted by molar-refractivity contribution is 0.0951. The Hall–Kier alpha value is -1.17. The summed E-state index contributed by atoms with van der Waals surface area (Å²) in [6.45, 7) is 1.03. The Morgan fingerprint density at radius 2 is 2.00 bits per heavy atom. The van der Waals surface area contributed by atoms with E-state index in [1.165, 1.54) is 0 Å². The van der Waals surface area contributed by atoms with Gasteiger partial charge < -0.3 is 11.1 Å². The van der Waals surface area contributed by atoms with Gasteiger partial charge in [0.2, 0.25) is 0 Å². The van der Waals surface area contributed by atoms with Gasteiger partial charge >= 0.3 is 0 Å². The van der Waals surface area contributed by atoms with E-state index in [0.717, 1.165) is 14.9 Å². The molecule has 3 nitrogen and oxygen atoms in total. The van der Waals surface area contributed by atoms with Gasteiger partial charge in [0, 0.05) is 21.5 Å². The zero-order valence-corrected chi connectivity index (χ0v) is 12.1. The summed E-state index contributed by atoms with van der Waals surface area (Å²) >= 11 is 5.05. The Labute approximate surface area is 118 Å². The van der Waals surface area contributed by atoms with Crippen LogP contribution >= 0.6 is 27.3 Å². The fraction of sp³-hybridized carbons (Fsp3) is 0.154. The number of carbonyl (C=O) groups is 1. The van der Waals surface area contributed by atoms with Crippen LogP contribution in [-0.2, 0) is 13.1 Å². The predicted octanol–water partition coefficient (Wildman–Crippen LogP) is 2.90. The SMILES string of the molecule is NCc1ccc(C(=O)NCc2sccc2Br)cc1. The number of thiophene rings is 1. The molecule has 0 aliphatic carbocycles. The molecule has 0 spiro atoms. The van der Waals surface area contributed by atoms with Gasteiger partial charge in [0.25, 0.3) is 5.91 Å². The van der Waals surface area contributed by atoms with Crippen LogP contribution in [0.5, 0.6) is 0 Å². The number of nitrogens with one attached hydrogen (secondary N) is 1. The van der Waals surface area contributed by atoms with Crippen molar-refractivity contribution in [2.75, 3.05) is 0 Å². The van der Waals surface area contributed by atoms with E-state index in [4.69, 9.17) is 5.73 Å². The van der Waals surface area contributed by atoms with Crippen molar-refractivity contribution in [3.8, 4) is 0 Å². The van der Waals surface area contributed by atoms with E-state index in [1.807, 2.05) is 23.6 Å². The minimum atomic E-state index is -0.0705. The van der Waals surface area contributed by atoms with E-state index in [9.17, 15) is 4.79 Å². The fourth-order valence-corrected chi connectivity index (χ4v) is 2.94. The molecule has 1 heterocycles. The molecule has 0 unspecified atom stereocenters. The molecule has 2 aromatic rings. The van der Waals surface area contributed by atoms with Crippen molar-refractivity contribution in [1.82, 2.24) is 5.32 Å². The first kappa shape index (κ1) is 13.3. The number of benzene rings is 1. The monoisotopic (exact) mass is 324 g/mol. The molecule has 0 aliphatic rings. The zero-order valence-electron chi connectivity index (χ0n) is 9.65. The highest BCUT2D eigenvalue weighted by molar-refractivity contribution is 9.10. The van der Waals surface area contributed by atoms with Crippen molar-refractivity contribution in [2.24, 2.45) is 5.73 Å². The highest BCUT2D eigenvalue weighted by atomic mass is 79.9. The summed E-state index contributed by atoms with van der Waals surface area (Å²) in [4.78, 5) is 13.0. The van der Waals surface area contributed by atoms with E-state index in [1.54, 1.807) is 23.5 Å². The van der Waals surface area contributed by atoms with Gasteiger partial charge in [-0.2, -0.15) is 0 Å². The summed E-state index contributed by atoms with van der Waals surface area (Å²) in [5.74, 6) is -0.0705. The molecule has 0 bridgehead atoms. The van der Waals surface area contributed by atoms with Gasteiger partial charge in [0.1, 0.15) is 0 Å². The lowest BCUT2D eigenvalue weighted by atomic mass is 10.1. The van der Waals surface area contributed by atoms with Crippen molar-refractivity contribution in [2.45, 2.75) is 13.1 Å². The minimum Gasteiger partial charge on any atom is -0.347 e. The largest absolute Gasteiger partial charge is 0.347 e. The van der Waals surface area contributed by atoms with Crippen molar-refractivity contribution < 1.29 is 4.79 Å². The molecular weight excluding hydrogens is 312 g/mol. The number of carbonyl (C=O) groups excluding carboxylic acids is 1. The first-order valence-electron chi connectivity index (χ1n) is 5.50. The summed E-state index contributed by atoms with van der Waals surface area (Å²) in [5.41, 5.74) is 7.18. The highest BCUT2D eigenvalue weighted by Gasteiger charge is 2.07. The summed E-state index contributed by atoms with van der Waals surface area (Å²) in [5, 5.41) is 4.88. The van der Waals surface area contributed by atoms with E-state index >= 15 is 0 Å². The molecule has 1 aromatic heterocycles. The number of halogens is 1. The minimum absolute atomic E-state index is 0.0705. The third-order valence-corrected chi connectivity index (χ3v) is 4.48. The molecular formula is C13H13BrN2OS. The second-order valence-corrected chi connectivity index (χ2v) is 5.63. The van der Waals surface area contributed by atoms with Crippen molar-refractivity contribution in [3.05, 3.63) is 56.2 Å². The predicted molar refractivity (Wildman–Crippen MR) is 77.5 cm³/mol. The number of amides is 1. The van der Waals surface area contributed by atoms with E-state index in [2.05, 4.69) is 21.2 Å². The van der Waals surface area contributed by atoms with Crippen LogP contribution in [0.25, 0.3) is 0 Å². The van der Waals surface area contributed by atoms with Gasteiger partial charge in [0.05, 0.1) is 6.54 Å². The normalized spacial score (nSPS) is 10.3. The fourth-order valence-electron chi connectivity index (χ4n) is 1.51. The smallest absolute Gasteiger partial charge is 0.251 e. The number of nitrogens with two attached hydrogens (primary N) is 1. The molecule has 0 saturated heterocycles. The van der Waals surface area contributed by atoms with Gasteiger partial charge in [0.15, 0.2) is 0 Å². The second-order valence-electron chi connectivity index (χ2n) is 3.78. The molecule has 1 aromatic carbocycles. The van der Waals surface area contributed by atoms with Crippen LogP contribution in [0.2, 0.25) is 0 Å². The van der Waals surface area contributed by atoms with Gasteiger partial charge in [-0.05, 0) is 45.1 Å². The van der Waals surface area contributed by atoms with E-state index < -0.39 is 0 Å². The van der Waals surface area contributed by atoms with Gasteiger partial charge in [-0.3, -0.25) is 4.79 Å². The maximum Gasteiger partial charge on any atom is 0.251 e. The van der Waals surface area contributed by atoms with Crippen molar-refractivity contribution >= 4 is 33.2 Å². The van der Waals surface area contributed by atoms with Crippen LogP contribution in [0.1, 0.15) is 20.8 Å². The quantitative estimate of drug-likeness (QED) is 0.908. The van der Waals surface area contributed by atoms with E-state index in [-0.39, 0.29) is 5.91 Å². The molecule has 2 rings (SSSR count). The van der Waals surface area contributed by atoms with Crippen LogP contribution in [0.3, 0.4) is 0 Å². The lowest BCUT2D eigenvalue weighted by Crippen LogP contribution is -2.22. The first-order valence-corrected chi connectivity index (χ1v) is 7.17. The summed E-state index contributed by atoms with van der Waals surface area (Å²) in [7, 11) is 0. The van der Waals surface area contributed by atoms with Crippen molar-refractivity contribution in [1.29, 1.82) is 0 Å². The lowest BCUT2D eigenvalue weighted by Gasteiger charge is -2.05. The topological polar surface area (TPSA) is 55.1 Å². The van der Waals surface area contributed by atoms with Gasteiger partial charge in [-0.15, -0.1) is 11.3 Å². The second kappa shape index (κ2) is 6.13. The number of hydrogen-bond acceptors (Lipinski definition) is 3. The maximum absolute atomic E-state index is 11.9. The van der Waals surface area contributed by atoms with Crippen LogP contribution in [-0.4, -0.2) is 5.91 Å². The molecule has 0 fully saturated rings. The summed E-state index contributed by atoms with van der Waals surface area (Å²) in [6.07, 6.45) is 0. The molecule has 5 heteroatoms. The molecule has 0 saturated carbocycles. The molecule has 0 radical (unpaired) electrons. The average Bonchev–Trinajstić information content (AvgIpc) is 2.81. The Bertz CT molecular complexity index is 536. The van der Waals surface area contributed by atoms with Crippen LogP contribution in [0.15, 0.2) is 40.2 Å². The molecule has 1 amide bonds. The maximum atomic E-state index is 11.9. The van der Waals surface area contributed by atoms with Crippen LogP contribution in [0, 0.1) is 0 Å². The number of rotatable bonds is 4. The molecule has 18 heavy (non-hydrogen) atoms. The van der Waals surface area contributed by atoms with Gasteiger partial charge in [-0.1, -0.05) is 12.1 Å². The Balaban J connectivity index is 1.97. The summed E-state index contributed by atoms with van der Waals surface area (Å²) < 4.78 is 1.03. The van der Waals surface area contributed by atoms with Crippen molar-refractivity contribution in [3.63, 3.8) is 0 Å². The molecule has 94 valence electrons. The third kappa shape index (κ3) is 3.19. The first-order chi connectivity index (χ1) is 8.70. The van der Waals surface area contributed by atoms with Gasteiger partial charge in [-0.25, -0.2) is 0 Å². The van der Waals surface area contributed by atoms with E-state index in [0.29, 0.717) is 18.7 Å². The van der Waals surface area contributed by atoms with Crippen LogP contribution in [0.4, 0.5) is 0 Å².